The van der Waals surface area contributed by atoms with Gasteiger partial charge in [-0.15, -0.1) is 0 Å². The molecule has 0 atom stereocenters. The Morgan fingerprint density at radius 1 is 1.00 bits per heavy atom. The van der Waals surface area contributed by atoms with Gasteiger partial charge < -0.3 is 20.9 Å². The number of nitrogens with two attached hydrogens (primary N) is 1. The zero-order chi connectivity index (χ0) is 29.4. The van der Waals surface area contributed by atoms with Crippen LogP contribution in [-0.2, 0) is 9.84 Å². The molecule has 1 amide bonds. The van der Waals surface area contributed by atoms with E-state index in [9.17, 15) is 17.6 Å². The molecule has 1 saturated heterocycles. The average Bonchev–Trinajstić information content (AvgIpc) is 3.39. The van der Waals surface area contributed by atoms with Gasteiger partial charge in [-0.05, 0) is 79.9 Å². The summed E-state index contributed by atoms with van der Waals surface area (Å²) in [6.45, 7) is 3.64. The fraction of sp³-hybridized carbons (Fsp3) is 0.355. The second-order valence-electron chi connectivity index (χ2n) is 11.3. The molecule has 1 saturated carbocycles. The molecule has 3 aromatic carbocycles. The number of nitrogen functional groups attached to an aromatic ring is 1. The molecule has 1 aromatic heterocycles. The second kappa shape index (κ2) is 11.4. The largest absolute Gasteiger partial charge is 0.397 e. The van der Waals surface area contributed by atoms with E-state index < -0.39 is 15.7 Å². The molecule has 2 aliphatic rings. The van der Waals surface area contributed by atoms with Crippen molar-refractivity contribution in [2.24, 2.45) is 0 Å². The maximum atomic E-state index is 13.8. The number of fused-ring (bicyclic) bond motifs is 1. The first kappa shape index (κ1) is 28.2. The van der Waals surface area contributed by atoms with Crippen molar-refractivity contribution in [1.82, 2.24) is 15.1 Å². The number of nitrogens with zero attached hydrogens (tertiary/aromatic N) is 3. The summed E-state index contributed by atoms with van der Waals surface area (Å²) in [5.74, 6) is -0.590. The molecule has 2 heterocycles. The van der Waals surface area contributed by atoms with Crippen LogP contribution in [0.1, 0.15) is 53.9 Å². The van der Waals surface area contributed by atoms with Crippen LogP contribution in [0.25, 0.3) is 10.9 Å². The van der Waals surface area contributed by atoms with Gasteiger partial charge in [0.2, 0.25) is 9.84 Å². The number of carbonyl (C=O) groups is 1. The van der Waals surface area contributed by atoms with Gasteiger partial charge in [0.25, 0.3) is 5.91 Å². The molecule has 4 aromatic rings. The van der Waals surface area contributed by atoms with E-state index in [2.05, 4.69) is 32.4 Å². The van der Waals surface area contributed by atoms with Gasteiger partial charge in [-0.25, -0.2) is 12.8 Å². The van der Waals surface area contributed by atoms with Crippen molar-refractivity contribution in [1.29, 1.82) is 0 Å². The van der Waals surface area contributed by atoms with Crippen LogP contribution >= 0.6 is 0 Å². The lowest BCUT2D eigenvalue weighted by Crippen LogP contribution is -2.44. The van der Waals surface area contributed by atoms with Crippen LogP contribution in [0.5, 0.6) is 0 Å². The number of benzene rings is 3. The molecule has 11 heteroatoms. The van der Waals surface area contributed by atoms with Crippen LogP contribution in [0, 0.1) is 5.82 Å². The van der Waals surface area contributed by atoms with Crippen molar-refractivity contribution in [3.05, 3.63) is 71.5 Å². The number of hydrogen-bond donors (Lipinski definition) is 3. The van der Waals surface area contributed by atoms with Gasteiger partial charge in [0.1, 0.15) is 5.82 Å². The van der Waals surface area contributed by atoms with Crippen molar-refractivity contribution in [3.8, 4) is 0 Å². The molecular weight excluding hydrogens is 555 g/mol. The molecular formula is C31H35FN6O3S. The Morgan fingerprint density at radius 2 is 1.74 bits per heavy atom. The second-order valence-corrected chi connectivity index (χ2v) is 13.2. The molecule has 4 N–H and O–H groups in total. The summed E-state index contributed by atoms with van der Waals surface area (Å²) >= 11 is 0. The Labute approximate surface area is 244 Å². The number of sulfone groups is 1. The number of hydrogen-bond acceptors (Lipinski definition) is 7. The average molecular weight is 591 g/mol. The fourth-order valence-electron chi connectivity index (χ4n) is 6.18. The summed E-state index contributed by atoms with van der Waals surface area (Å²) in [6, 6.07) is 13.1. The van der Waals surface area contributed by atoms with Gasteiger partial charge in [0.15, 0.2) is 5.82 Å². The van der Waals surface area contributed by atoms with Gasteiger partial charge in [-0.2, -0.15) is 5.10 Å². The third kappa shape index (κ3) is 5.34. The van der Waals surface area contributed by atoms with Crippen LogP contribution < -0.4 is 16.0 Å². The first-order valence-electron chi connectivity index (χ1n) is 14.4. The number of amides is 1. The molecule has 0 spiro atoms. The van der Waals surface area contributed by atoms with E-state index in [0.717, 1.165) is 69.2 Å². The number of nitrogens with one attached hydrogen (secondary N) is 2. The number of halogens is 1. The third-order valence-corrected chi connectivity index (χ3v) is 10.3. The highest BCUT2D eigenvalue weighted by atomic mass is 32.2. The smallest absolute Gasteiger partial charge is 0.257 e. The summed E-state index contributed by atoms with van der Waals surface area (Å²) in [7, 11) is -1.88. The number of aromatic nitrogens is 2. The van der Waals surface area contributed by atoms with Gasteiger partial charge in [0, 0.05) is 37.1 Å². The van der Waals surface area contributed by atoms with E-state index in [-0.39, 0.29) is 27.4 Å². The van der Waals surface area contributed by atoms with E-state index in [1.807, 2.05) is 12.1 Å². The number of aromatic amines is 1. The fourth-order valence-corrected chi connectivity index (χ4v) is 7.50. The molecule has 42 heavy (non-hydrogen) atoms. The number of likely N-dealkylation sites (N-methyl/N-ethyl adjacent to an activating group) is 1. The number of anilines is 3. The molecule has 1 aliphatic heterocycles. The zero-order valence-corrected chi connectivity index (χ0v) is 24.4. The highest BCUT2D eigenvalue weighted by Gasteiger charge is 2.28. The Bertz CT molecular complexity index is 1740. The van der Waals surface area contributed by atoms with Gasteiger partial charge in [-0.1, -0.05) is 25.3 Å². The van der Waals surface area contributed by atoms with Crippen LogP contribution in [0.15, 0.2) is 64.4 Å². The van der Waals surface area contributed by atoms with Crippen molar-refractivity contribution in [2.75, 3.05) is 49.2 Å². The van der Waals surface area contributed by atoms with Gasteiger partial charge in [0.05, 0.1) is 26.7 Å². The van der Waals surface area contributed by atoms with Crippen molar-refractivity contribution < 1.29 is 17.6 Å². The number of carbonyl (C=O) groups excluding carboxylic acids is 1. The van der Waals surface area contributed by atoms with Crippen LogP contribution in [-0.4, -0.2) is 62.6 Å². The molecule has 1 aliphatic carbocycles. The standard InChI is InChI=1S/C31H35FN6O3S/c1-37-14-16-38(17-15-37)27-13-11-24(28(29(27)33)20-6-3-2-4-7-20)31(39)34-30-25-19-23(10-12-26(25)35-36-30)42(40,41)22-9-5-8-21(32)18-22/h5,8-13,18-20H,2-4,6-7,14-17,33H2,1H3,(H2,34,35,36,39). The zero-order valence-electron chi connectivity index (χ0n) is 23.6. The van der Waals surface area contributed by atoms with Crippen LogP contribution in [0.3, 0.4) is 0 Å². The molecule has 0 bridgehead atoms. The summed E-state index contributed by atoms with van der Waals surface area (Å²) < 4.78 is 40.3. The Kier molecular flexibility index (Phi) is 7.63. The molecule has 9 nitrogen and oxygen atoms in total. The van der Waals surface area contributed by atoms with Crippen molar-refractivity contribution in [3.63, 3.8) is 0 Å². The van der Waals surface area contributed by atoms with E-state index in [4.69, 9.17) is 5.73 Å². The van der Waals surface area contributed by atoms with Crippen molar-refractivity contribution >= 4 is 43.8 Å². The minimum absolute atomic E-state index is 0.0267. The summed E-state index contributed by atoms with van der Waals surface area (Å²) in [4.78, 5) is 18.3. The van der Waals surface area contributed by atoms with Gasteiger partial charge in [-0.3, -0.25) is 9.89 Å². The molecule has 2 fully saturated rings. The molecule has 0 radical (unpaired) electrons. The Balaban J connectivity index is 1.34. The number of piperazine rings is 1. The number of rotatable bonds is 6. The third-order valence-electron chi connectivity index (χ3n) is 8.55. The van der Waals surface area contributed by atoms with Crippen molar-refractivity contribution in [2.45, 2.75) is 47.8 Å². The minimum atomic E-state index is -3.99. The molecule has 6 rings (SSSR count). The highest BCUT2D eigenvalue weighted by Crippen LogP contribution is 2.42. The van der Waals surface area contributed by atoms with E-state index in [1.165, 1.54) is 36.8 Å². The monoisotopic (exact) mass is 590 g/mol. The lowest BCUT2D eigenvalue weighted by Gasteiger charge is -2.36. The lowest BCUT2D eigenvalue weighted by atomic mass is 9.80. The topological polar surface area (TPSA) is 124 Å². The predicted octanol–water partition coefficient (Wildman–Crippen LogP) is 5.17. The first-order chi connectivity index (χ1) is 20.2. The van der Waals surface area contributed by atoms with Gasteiger partial charge >= 0.3 is 0 Å². The SMILES string of the molecule is CN1CCN(c2ccc(C(=O)Nc3n[nH]c4ccc(S(=O)(=O)c5cccc(F)c5)cc34)c(C3CCCCC3)c2N)CC1. The quantitative estimate of drug-likeness (QED) is 0.265. The molecule has 0 unspecified atom stereocenters. The normalized spacial score (nSPS) is 17.0. The summed E-state index contributed by atoms with van der Waals surface area (Å²) in [6.07, 6.45) is 5.32. The number of H-pyrrole nitrogens is 1. The summed E-state index contributed by atoms with van der Waals surface area (Å²) in [5.41, 5.74) is 10.5. The first-order valence-corrected chi connectivity index (χ1v) is 15.9. The minimum Gasteiger partial charge on any atom is -0.397 e. The van der Waals surface area contributed by atoms with E-state index >= 15 is 0 Å². The van der Waals surface area contributed by atoms with E-state index in [0.29, 0.717) is 22.2 Å². The Morgan fingerprint density at radius 3 is 2.48 bits per heavy atom. The maximum Gasteiger partial charge on any atom is 0.257 e. The molecule has 220 valence electrons. The maximum absolute atomic E-state index is 13.8. The van der Waals surface area contributed by atoms with Crippen LogP contribution in [0.2, 0.25) is 0 Å². The summed E-state index contributed by atoms with van der Waals surface area (Å²) in [5, 5.41) is 10.5. The van der Waals surface area contributed by atoms with Crippen LogP contribution in [0.4, 0.5) is 21.6 Å². The lowest BCUT2D eigenvalue weighted by molar-refractivity contribution is 0.102. The predicted molar refractivity (Wildman–Crippen MR) is 162 cm³/mol. The van der Waals surface area contributed by atoms with E-state index in [1.54, 1.807) is 6.07 Å². The highest BCUT2D eigenvalue weighted by molar-refractivity contribution is 7.91. The Hall–Kier alpha value is -3.96.